The zero-order chi connectivity index (χ0) is 32.9. The average Bonchev–Trinajstić information content (AvgIpc) is 3.01. The number of carbonyl (C=O) groups is 1. The van der Waals surface area contributed by atoms with Gasteiger partial charge in [0, 0.05) is 36.5 Å². The van der Waals surface area contributed by atoms with E-state index in [1.807, 2.05) is 6.08 Å². The lowest BCUT2D eigenvalue weighted by molar-refractivity contribution is -0.167. The van der Waals surface area contributed by atoms with E-state index in [0.717, 1.165) is 57.2 Å². The molecule has 0 amide bonds. The molecule has 2 aliphatic heterocycles. The standard InChI is InChI=1S/C41H55NO4/c1-7-14-39(42-26-12-16-34(17-13-27-42)40(43)46-37-29-44-30-37)38-28-35(19-18-32(38)6)33-20-22-36(23-21-33)41(24-8-2,45-9-3)25-11-10-15-31(4)5/h7,10,14-16,18-23,28,31,37H,1,8-9,11-13,17,24-27,29-30H2,2-6H3/b15-10+,34-16-,39-14+. The summed E-state index contributed by atoms with van der Waals surface area (Å²) in [5, 5.41) is 0. The molecule has 46 heavy (non-hydrogen) atoms. The SMILES string of the molecule is C=C/C=C(\c1cc(-c2ccc(C(CCC)(CC/C=C/C(C)C)OCC)cc2)ccc1C)N1CC/C=C(\C(=O)OC2COC2)CCC1. The van der Waals surface area contributed by atoms with E-state index in [9.17, 15) is 4.79 Å². The van der Waals surface area contributed by atoms with Crippen LogP contribution in [0.4, 0.5) is 0 Å². The lowest BCUT2D eigenvalue weighted by Gasteiger charge is -2.34. The molecule has 2 aromatic carbocycles. The van der Waals surface area contributed by atoms with Crippen molar-refractivity contribution in [3.05, 3.63) is 102 Å². The van der Waals surface area contributed by atoms with Gasteiger partial charge >= 0.3 is 5.97 Å². The molecule has 2 heterocycles. The summed E-state index contributed by atoms with van der Waals surface area (Å²) >= 11 is 0. The van der Waals surface area contributed by atoms with Gasteiger partial charge in [-0.25, -0.2) is 4.79 Å². The van der Waals surface area contributed by atoms with E-state index in [1.54, 1.807) is 0 Å². The minimum Gasteiger partial charge on any atom is -0.454 e. The molecular weight excluding hydrogens is 570 g/mol. The molecule has 0 radical (unpaired) electrons. The molecule has 2 aromatic rings. The molecule has 2 aliphatic rings. The third-order valence-corrected chi connectivity index (χ3v) is 8.99. The molecule has 1 saturated heterocycles. The van der Waals surface area contributed by atoms with Crippen LogP contribution >= 0.6 is 0 Å². The van der Waals surface area contributed by atoms with Crippen molar-refractivity contribution < 1.29 is 19.0 Å². The van der Waals surface area contributed by atoms with Crippen molar-refractivity contribution in [2.45, 2.75) is 91.3 Å². The van der Waals surface area contributed by atoms with E-state index in [1.165, 1.54) is 33.5 Å². The fourth-order valence-electron chi connectivity index (χ4n) is 6.53. The minimum absolute atomic E-state index is 0.0931. The average molecular weight is 626 g/mol. The van der Waals surface area contributed by atoms with E-state index in [-0.39, 0.29) is 17.7 Å². The highest BCUT2D eigenvalue weighted by Crippen LogP contribution is 2.38. The summed E-state index contributed by atoms with van der Waals surface area (Å²) in [6.07, 6.45) is 17.0. The second-order valence-electron chi connectivity index (χ2n) is 13.0. The Morgan fingerprint density at radius 1 is 1.09 bits per heavy atom. The van der Waals surface area contributed by atoms with Gasteiger partial charge in [0.2, 0.25) is 0 Å². The lowest BCUT2D eigenvalue weighted by atomic mass is 9.83. The van der Waals surface area contributed by atoms with Crippen LogP contribution in [0.3, 0.4) is 0 Å². The quantitative estimate of drug-likeness (QED) is 0.112. The van der Waals surface area contributed by atoms with Gasteiger partial charge in [-0.3, -0.25) is 0 Å². The lowest BCUT2D eigenvalue weighted by Crippen LogP contribution is -2.38. The van der Waals surface area contributed by atoms with Gasteiger partial charge in [-0.1, -0.05) is 94.5 Å². The van der Waals surface area contributed by atoms with Crippen molar-refractivity contribution in [2.24, 2.45) is 5.92 Å². The maximum atomic E-state index is 12.7. The number of hydrogen-bond donors (Lipinski definition) is 0. The van der Waals surface area contributed by atoms with Gasteiger partial charge in [-0.15, -0.1) is 0 Å². The van der Waals surface area contributed by atoms with Crippen LogP contribution in [0.25, 0.3) is 16.8 Å². The molecule has 0 aliphatic carbocycles. The van der Waals surface area contributed by atoms with Crippen LogP contribution in [0.1, 0.15) is 89.3 Å². The van der Waals surface area contributed by atoms with Gasteiger partial charge in [0.05, 0.1) is 18.8 Å². The van der Waals surface area contributed by atoms with Crippen LogP contribution in [0.2, 0.25) is 0 Å². The number of carbonyl (C=O) groups excluding carboxylic acids is 1. The number of allylic oxidation sites excluding steroid dienone is 4. The third kappa shape index (κ3) is 9.33. The summed E-state index contributed by atoms with van der Waals surface area (Å²) in [6.45, 7) is 18.4. The number of aryl methyl sites for hydroxylation is 1. The van der Waals surface area contributed by atoms with E-state index in [0.29, 0.717) is 32.2 Å². The molecule has 0 bridgehead atoms. The number of esters is 1. The fourth-order valence-corrected chi connectivity index (χ4v) is 6.53. The topological polar surface area (TPSA) is 48.0 Å². The van der Waals surface area contributed by atoms with Crippen LogP contribution in [0.5, 0.6) is 0 Å². The largest absolute Gasteiger partial charge is 0.454 e. The summed E-state index contributed by atoms with van der Waals surface area (Å²) in [4.78, 5) is 15.1. The van der Waals surface area contributed by atoms with Crippen LogP contribution in [-0.2, 0) is 24.6 Å². The van der Waals surface area contributed by atoms with Crippen LogP contribution in [0, 0.1) is 12.8 Å². The van der Waals surface area contributed by atoms with E-state index in [4.69, 9.17) is 14.2 Å². The number of rotatable bonds is 15. The Morgan fingerprint density at radius 3 is 2.50 bits per heavy atom. The fraction of sp³-hybridized carbons (Fsp3) is 0.488. The minimum atomic E-state index is -0.274. The molecule has 0 spiro atoms. The Hall–Kier alpha value is -3.41. The van der Waals surface area contributed by atoms with Gasteiger partial charge in [-0.2, -0.15) is 0 Å². The molecule has 5 nitrogen and oxygen atoms in total. The highest BCUT2D eigenvalue weighted by atomic mass is 16.6. The molecule has 1 unspecified atom stereocenters. The van der Waals surface area contributed by atoms with Crippen molar-refractivity contribution >= 4 is 11.7 Å². The van der Waals surface area contributed by atoms with Gasteiger partial charge < -0.3 is 19.1 Å². The van der Waals surface area contributed by atoms with Crippen LogP contribution in [-0.4, -0.2) is 49.9 Å². The molecule has 0 saturated carbocycles. The Labute approximate surface area is 278 Å². The summed E-state index contributed by atoms with van der Waals surface area (Å²) < 4.78 is 17.3. The Morgan fingerprint density at radius 2 is 1.85 bits per heavy atom. The molecule has 0 N–H and O–H groups in total. The second kappa shape index (κ2) is 17.5. The van der Waals surface area contributed by atoms with Crippen molar-refractivity contribution in [3.63, 3.8) is 0 Å². The van der Waals surface area contributed by atoms with Gasteiger partial charge in [0.25, 0.3) is 0 Å². The first-order chi connectivity index (χ1) is 22.3. The van der Waals surface area contributed by atoms with Crippen molar-refractivity contribution in [2.75, 3.05) is 32.9 Å². The summed E-state index contributed by atoms with van der Waals surface area (Å²) in [5.41, 5.74) is 7.77. The summed E-state index contributed by atoms with van der Waals surface area (Å²) in [7, 11) is 0. The molecular formula is C41H55NO4. The third-order valence-electron chi connectivity index (χ3n) is 8.99. The predicted octanol–water partition coefficient (Wildman–Crippen LogP) is 9.57. The van der Waals surface area contributed by atoms with E-state index in [2.05, 4.69) is 113 Å². The number of benzene rings is 2. The summed E-state index contributed by atoms with van der Waals surface area (Å²) in [5.74, 6) is 0.374. The number of ether oxygens (including phenoxy) is 3. The van der Waals surface area contributed by atoms with Crippen molar-refractivity contribution in [1.82, 2.24) is 4.90 Å². The Kier molecular flexibility index (Phi) is 13.5. The zero-order valence-electron chi connectivity index (χ0n) is 28.9. The first-order valence-corrected chi connectivity index (χ1v) is 17.4. The highest BCUT2D eigenvalue weighted by Gasteiger charge is 2.31. The highest BCUT2D eigenvalue weighted by molar-refractivity contribution is 5.88. The molecule has 0 aromatic heterocycles. The first-order valence-electron chi connectivity index (χ1n) is 17.4. The van der Waals surface area contributed by atoms with Crippen LogP contribution in [0.15, 0.2) is 85.0 Å². The first kappa shape index (κ1) is 35.4. The molecule has 5 heteroatoms. The van der Waals surface area contributed by atoms with E-state index < -0.39 is 0 Å². The monoisotopic (exact) mass is 625 g/mol. The number of hydrogen-bond acceptors (Lipinski definition) is 5. The molecule has 1 fully saturated rings. The predicted molar refractivity (Wildman–Crippen MR) is 190 cm³/mol. The maximum Gasteiger partial charge on any atom is 0.334 e. The Balaban J connectivity index is 1.54. The smallest absolute Gasteiger partial charge is 0.334 e. The van der Waals surface area contributed by atoms with Gasteiger partial charge in [-0.05, 0) is 92.7 Å². The number of nitrogens with zero attached hydrogens (tertiary/aromatic N) is 1. The van der Waals surface area contributed by atoms with Crippen LogP contribution < -0.4 is 0 Å². The molecule has 248 valence electrons. The van der Waals surface area contributed by atoms with Crippen molar-refractivity contribution in [1.29, 1.82) is 0 Å². The van der Waals surface area contributed by atoms with Gasteiger partial charge in [0.15, 0.2) is 0 Å². The summed E-state index contributed by atoms with van der Waals surface area (Å²) in [6, 6.07) is 15.8. The van der Waals surface area contributed by atoms with Crippen molar-refractivity contribution in [3.8, 4) is 11.1 Å². The Bertz CT molecular complexity index is 1370. The zero-order valence-corrected chi connectivity index (χ0v) is 28.9. The normalized spacial score (nSPS) is 18.8. The van der Waals surface area contributed by atoms with E-state index >= 15 is 0 Å². The van der Waals surface area contributed by atoms with Gasteiger partial charge in [0.1, 0.15) is 6.10 Å². The molecule has 4 rings (SSSR count). The second-order valence-corrected chi connectivity index (χ2v) is 13.0. The maximum absolute atomic E-state index is 12.7. The molecule has 1 atom stereocenters.